The summed E-state index contributed by atoms with van der Waals surface area (Å²) in [6, 6.07) is 19.4. The average molecular weight is 330 g/mol. The standard InChI is InChI=1S/C23H26N2/c1-2-3-4-5-6-7-16-22-19-13-9-10-14-20(19)24-23-17-18-12-8-11-15-21(18)25(22)23/h8-15,17H,2-7,16H2,1H3. The molecule has 2 nitrogen and oxygen atoms in total. The van der Waals surface area contributed by atoms with Crippen molar-refractivity contribution in [2.75, 3.05) is 0 Å². The van der Waals surface area contributed by atoms with Crippen LogP contribution in [0.1, 0.15) is 51.1 Å². The summed E-state index contributed by atoms with van der Waals surface area (Å²) in [6.07, 6.45) is 9.08. The number of nitrogens with zero attached hydrogens (tertiary/aromatic N) is 2. The van der Waals surface area contributed by atoms with Crippen LogP contribution in [-0.4, -0.2) is 9.38 Å². The van der Waals surface area contributed by atoms with E-state index in [4.69, 9.17) is 4.98 Å². The topological polar surface area (TPSA) is 17.3 Å². The van der Waals surface area contributed by atoms with E-state index in [1.54, 1.807) is 0 Å². The van der Waals surface area contributed by atoms with Crippen molar-refractivity contribution >= 4 is 27.5 Å². The molecule has 0 bridgehead atoms. The van der Waals surface area contributed by atoms with E-state index in [1.165, 1.54) is 60.5 Å². The van der Waals surface area contributed by atoms with Gasteiger partial charge >= 0.3 is 0 Å². The van der Waals surface area contributed by atoms with Crippen LogP contribution in [-0.2, 0) is 6.42 Å². The Bertz CT molecular complexity index is 997. The number of fused-ring (bicyclic) bond motifs is 4. The van der Waals surface area contributed by atoms with Crippen molar-refractivity contribution in [1.82, 2.24) is 9.38 Å². The van der Waals surface area contributed by atoms with Gasteiger partial charge in [0.1, 0.15) is 5.65 Å². The molecule has 0 aliphatic heterocycles. The van der Waals surface area contributed by atoms with Crippen LogP contribution in [0.3, 0.4) is 0 Å². The van der Waals surface area contributed by atoms with Crippen LogP contribution in [0.25, 0.3) is 27.5 Å². The van der Waals surface area contributed by atoms with Gasteiger partial charge in [0.15, 0.2) is 0 Å². The Morgan fingerprint density at radius 2 is 1.60 bits per heavy atom. The summed E-state index contributed by atoms with van der Waals surface area (Å²) in [4.78, 5) is 4.91. The first-order valence-electron chi connectivity index (χ1n) is 9.66. The molecule has 0 aliphatic carbocycles. The van der Waals surface area contributed by atoms with Crippen LogP contribution in [0.4, 0.5) is 0 Å². The van der Waals surface area contributed by atoms with Crippen molar-refractivity contribution in [2.45, 2.75) is 51.9 Å². The minimum absolute atomic E-state index is 1.07. The second-order valence-electron chi connectivity index (χ2n) is 6.99. The Morgan fingerprint density at radius 1 is 0.840 bits per heavy atom. The van der Waals surface area contributed by atoms with E-state index < -0.39 is 0 Å². The van der Waals surface area contributed by atoms with Gasteiger partial charge in [-0.05, 0) is 31.0 Å². The number of aryl methyl sites for hydroxylation is 1. The van der Waals surface area contributed by atoms with Gasteiger partial charge in [0.2, 0.25) is 0 Å². The number of unbranched alkanes of at least 4 members (excludes halogenated alkanes) is 5. The van der Waals surface area contributed by atoms with E-state index in [0.29, 0.717) is 0 Å². The fraction of sp³-hybridized carbons (Fsp3) is 0.348. The molecule has 2 heteroatoms. The Labute approximate surface area is 149 Å². The highest BCUT2D eigenvalue weighted by atomic mass is 15.0. The van der Waals surface area contributed by atoms with Crippen molar-refractivity contribution in [1.29, 1.82) is 0 Å². The molecule has 0 radical (unpaired) electrons. The highest BCUT2D eigenvalue weighted by Gasteiger charge is 2.12. The molecule has 2 heterocycles. The predicted molar refractivity (Wildman–Crippen MR) is 107 cm³/mol. The van der Waals surface area contributed by atoms with Crippen LogP contribution < -0.4 is 0 Å². The van der Waals surface area contributed by atoms with Crippen LogP contribution in [0, 0.1) is 0 Å². The molecule has 0 saturated heterocycles. The molecule has 0 saturated carbocycles. The van der Waals surface area contributed by atoms with Gasteiger partial charge in [0.25, 0.3) is 0 Å². The summed E-state index contributed by atoms with van der Waals surface area (Å²) in [5.41, 5.74) is 4.87. The first-order valence-corrected chi connectivity index (χ1v) is 9.66. The van der Waals surface area contributed by atoms with Crippen LogP contribution >= 0.6 is 0 Å². The van der Waals surface area contributed by atoms with Gasteiger partial charge in [-0.1, -0.05) is 75.4 Å². The molecule has 128 valence electrons. The molecular weight excluding hydrogens is 304 g/mol. The largest absolute Gasteiger partial charge is 0.298 e. The minimum atomic E-state index is 1.07. The van der Waals surface area contributed by atoms with Gasteiger partial charge in [0, 0.05) is 16.5 Å². The number of benzene rings is 2. The molecule has 0 aliphatic rings. The van der Waals surface area contributed by atoms with Crippen molar-refractivity contribution in [2.24, 2.45) is 0 Å². The number of hydrogen-bond donors (Lipinski definition) is 0. The lowest BCUT2D eigenvalue weighted by Gasteiger charge is -2.11. The van der Waals surface area contributed by atoms with Crippen molar-refractivity contribution < 1.29 is 0 Å². The molecule has 0 spiro atoms. The van der Waals surface area contributed by atoms with Crippen LogP contribution in [0.2, 0.25) is 0 Å². The fourth-order valence-corrected chi connectivity index (χ4v) is 3.88. The lowest BCUT2D eigenvalue weighted by atomic mass is 10.1. The third-order valence-corrected chi connectivity index (χ3v) is 5.18. The highest BCUT2D eigenvalue weighted by molar-refractivity contribution is 5.91. The SMILES string of the molecule is CCCCCCCCc1c2ccccc2nc2cc3ccccc3n12. The lowest BCUT2D eigenvalue weighted by Crippen LogP contribution is -2.01. The molecule has 4 aromatic rings. The summed E-state index contributed by atoms with van der Waals surface area (Å²) >= 11 is 0. The molecular formula is C23H26N2. The Balaban J connectivity index is 1.75. The quantitative estimate of drug-likeness (QED) is 0.351. The second-order valence-corrected chi connectivity index (χ2v) is 6.99. The normalized spacial score (nSPS) is 11.7. The molecule has 0 N–H and O–H groups in total. The van der Waals surface area contributed by atoms with Gasteiger partial charge in [0.05, 0.1) is 11.0 Å². The predicted octanol–water partition coefficient (Wildman–Crippen LogP) is 6.54. The van der Waals surface area contributed by atoms with E-state index in [0.717, 1.165) is 17.6 Å². The maximum absolute atomic E-state index is 4.91. The van der Waals surface area contributed by atoms with E-state index in [-0.39, 0.29) is 0 Å². The summed E-state index contributed by atoms with van der Waals surface area (Å²) in [7, 11) is 0. The van der Waals surface area contributed by atoms with Crippen LogP contribution in [0.5, 0.6) is 0 Å². The maximum atomic E-state index is 4.91. The number of hydrogen-bond acceptors (Lipinski definition) is 1. The molecule has 2 aromatic carbocycles. The fourth-order valence-electron chi connectivity index (χ4n) is 3.88. The molecule has 0 atom stereocenters. The Kier molecular flexibility index (Phi) is 4.69. The number of para-hydroxylation sites is 2. The molecule has 25 heavy (non-hydrogen) atoms. The Hall–Kier alpha value is -2.35. The van der Waals surface area contributed by atoms with Gasteiger partial charge in [-0.3, -0.25) is 4.40 Å². The molecule has 0 amide bonds. The van der Waals surface area contributed by atoms with E-state index in [1.807, 2.05) is 0 Å². The number of aromatic nitrogens is 2. The minimum Gasteiger partial charge on any atom is -0.298 e. The van der Waals surface area contributed by atoms with E-state index in [9.17, 15) is 0 Å². The zero-order valence-corrected chi connectivity index (χ0v) is 15.0. The second kappa shape index (κ2) is 7.26. The van der Waals surface area contributed by atoms with Gasteiger partial charge < -0.3 is 0 Å². The zero-order chi connectivity index (χ0) is 17.1. The van der Waals surface area contributed by atoms with Gasteiger partial charge in [-0.2, -0.15) is 0 Å². The zero-order valence-electron chi connectivity index (χ0n) is 15.0. The monoisotopic (exact) mass is 330 g/mol. The summed E-state index contributed by atoms with van der Waals surface area (Å²) in [5.74, 6) is 0. The van der Waals surface area contributed by atoms with Crippen molar-refractivity contribution in [3.63, 3.8) is 0 Å². The third-order valence-electron chi connectivity index (χ3n) is 5.18. The third kappa shape index (κ3) is 3.13. The summed E-state index contributed by atoms with van der Waals surface area (Å²) in [5, 5.41) is 2.57. The van der Waals surface area contributed by atoms with E-state index in [2.05, 4.69) is 65.9 Å². The highest BCUT2D eigenvalue weighted by Crippen LogP contribution is 2.27. The van der Waals surface area contributed by atoms with Crippen molar-refractivity contribution in [3.8, 4) is 0 Å². The Morgan fingerprint density at radius 3 is 2.52 bits per heavy atom. The molecule has 0 fully saturated rings. The van der Waals surface area contributed by atoms with E-state index >= 15 is 0 Å². The molecule has 2 aromatic heterocycles. The van der Waals surface area contributed by atoms with Gasteiger partial charge in [-0.25, -0.2) is 4.98 Å². The average Bonchev–Trinajstić information content (AvgIpc) is 3.02. The molecule has 4 rings (SSSR count). The smallest absolute Gasteiger partial charge is 0.138 e. The first kappa shape index (κ1) is 16.1. The maximum Gasteiger partial charge on any atom is 0.138 e. The molecule has 0 unspecified atom stereocenters. The summed E-state index contributed by atoms with van der Waals surface area (Å²) in [6.45, 7) is 2.27. The number of rotatable bonds is 7. The summed E-state index contributed by atoms with van der Waals surface area (Å²) < 4.78 is 2.38. The van der Waals surface area contributed by atoms with Crippen molar-refractivity contribution in [3.05, 3.63) is 60.3 Å². The van der Waals surface area contributed by atoms with Gasteiger partial charge in [-0.15, -0.1) is 0 Å². The first-order chi connectivity index (χ1) is 12.4. The van der Waals surface area contributed by atoms with Crippen LogP contribution in [0.15, 0.2) is 54.6 Å². The lowest BCUT2D eigenvalue weighted by molar-refractivity contribution is 0.605.